The highest BCUT2D eigenvalue weighted by Crippen LogP contribution is 2.24. The molecule has 3 N–H and O–H groups in total. The zero-order valence-corrected chi connectivity index (χ0v) is 15.7. The number of fused-ring (bicyclic) bond motifs is 1. The number of benzene rings is 2. The Kier molecular flexibility index (Phi) is 6.90. The lowest BCUT2D eigenvalue weighted by Crippen LogP contribution is -2.42. The van der Waals surface area contributed by atoms with E-state index in [1.807, 2.05) is 30.3 Å². The topological polar surface area (TPSA) is 64.3 Å². The largest absolute Gasteiger partial charge is 0.484 e. The van der Waals surface area contributed by atoms with Gasteiger partial charge in [0, 0.05) is 16.6 Å². The molecule has 24 heavy (non-hydrogen) atoms. The van der Waals surface area contributed by atoms with E-state index >= 15 is 0 Å². The first-order valence-corrected chi connectivity index (χ1v) is 8.76. The minimum absolute atomic E-state index is 0. The van der Waals surface area contributed by atoms with Crippen LogP contribution in [-0.4, -0.2) is 24.6 Å². The molecule has 1 saturated carbocycles. The van der Waals surface area contributed by atoms with Crippen LogP contribution >= 0.6 is 28.3 Å². The van der Waals surface area contributed by atoms with Crippen LogP contribution in [0.2, 0.25) is 0 Å². The van der Waals surface area contributed by atoms with Gasteiger partial charge in [-0.25, -0.2) is 0 Å². The zero-order valence-electron chi connectivity index (χ0n) is 13.3. The summed E-state index contributed by atoms with van der Waals surface area (Å²) in [6.45, 7) is 0.0462. The predicted molar refractivity (Wildman–Crippen MR) is 103 cm³/mol. The Morgan fingerprint density at radius 2 is 1.79 bits per heavy atom. The van der Waals surface area contributed by atoms with Gasteiger partial charge >= 0.3 is 0 Å². The standard InChI is InChI=1S/C18H21BrN2O2.ClH/c19-14-3-1-13-10-17(8-2-12(13)9-14)23-11-18(22)21-16-6-4-15(20)5-7-16;/h1-3,8-10,15-16H,4-7,11,20H2,(H,21,22);1H. The van der Waals surface area contributed by atoms with Gasteiger partial charge in [0.2, 0.25) is 0 Å². The molecule has 1 amide bonds. The van der Waals surface area contributed by atoms with Crippen molar-refractivity contribution >= 4 is 45.0 Å². The summed E-state index contributed by atoms with van der Waals surface area (Å²) in [7, 11) is 0. The number of hydrogen-bond acceptors (Lipinski definition) is 3. The van der Waals surface area contributed by atoms with Gasteiger partial charge in [0.15, 0.2) is 6.61 Å². The first-order valence-electron chi connectivity index (χ1n) is 7.97. The fraction of sp³-hybridized carbons (Fsp3) is 0.389. The van der Waals surface area contributed by atoms with Gasteiger partial charge in [-0.3, -0.25) is 4.79 Å². The number of amides is 1. The zero-order chi connectivity index (χ0) is 16.2. The molecular weight excluding hydrogens is 392 g/mol. The van der Waals surface area contributed by atoms with E-state index in [1.165, 1.54) is 0 Å². The lowest BCUT2D eigenvalue weighted by atomic mass is 9.92. The van der Waals surface area contributed by atoms with Crippen molar-refractivity contribution in [1.29, 1.82) is 0 Å². The Morgan fingerprint density at radius 3 is 2.54 bits per heavy atom. The molecule has 0 spiro atoms. The molecule has 3 rings (SSSR count). The van der Waals surface area contributed by atoms with Crippen molar-refractivity contribution < 1.29 is 9.53 Å². The second-order valence-electron chi connectivity index (χ2n) is 6.12. The summed E-state index contributed by atoms with van der Waals surface area (Å²) in [5.74, 6) is 0.641. The maximum atomic E-state index is 12.0. The molecule has 130 valence electrons. The molecule has 0 radical (unpaired) electrons. The van der Waals surface area contributed by atoms with Crippen molar-refractivity contribution in [1.82, 2.24) is 5.32 Å². The van der Waals surface area contributed by atoms with E-state index in [0.717, 1.165) is 40.9 Å². The van der Waals surface area contributed by atoms with Gasteiger partial charge in [-0.2, -0.15) is 0 Å². The third kappa shape index (κ3) is 5.10. The van der Waals surface area contributed by atoms with E-state index in [-0.39, 0.29) is 37.0 Å². The average molecular weight is 414 g/mol. The predicted octanol–water partition coefficient (Wildman–Crippen LogP) is 3.79. The number of halogens is 2. The highest BCUT2D eigenvalue weighted by atomic mass is 79.9. The van der Waals surface area contributed by atoms with Crippen molar-refractivity contribution in [2.75, 3.05) is 6.61 Å². The van der Waals surface area contributed by atoms with E-state index in [9.17, 15) is 4.79 Å². The maximum Gasteiger partial charge on any atom is 0.258 e. The van der Waals surface area contributed by atoms with E-state index in [0.29, 0.717) is 5.75 Å². The fourth-order valence-electron chi connectivity index (χ4n) is 2.97. The van der Waals surface area contributed by atoms with Crippen molar-refractivity contribution in [3.63, 3.8) is 0 Å². The molecule has 1 aliphatic carbocycles. The van der Waals surface area contributed by atoms with Crippen LogP contribution in [0.5, 0.6) is 5.75 Å². The summed E-state index contributed by atoms with van der Waals surface area (Å²) < 4.78 is 6.67. The summed E-state index contributed by atoms with van der Waals surface area (Å²) in [5.41, 5.74) is 5.88. The highest BCUT2D eigenvalue weighted by molar-refractivity contribution is 9.10. The Balaban J connectivity index is 0.00000208. The van der Waals surface area contributed by atoms with E-state index in [1.54, 1.807) is 0 Å². The van der Waals surface area contributed by atoms with Gasteiger partial charge < -0.3 is 15.8 Å². The Labute approximate surface area is 156 Å². The molecule has 1 aliphatic rings. The minimum atomic E-state index is -0.0682. The molecule has 2 aromatic carbocycles. The molecule has 1 fully saturated rings. The Hall–Kier alpha value is -1.30. The lowest BCUT2D eigenvalue weighted by Gasteiger charge is -2.26. The molecule has 0 aromatic heterocycles. The molecule has 0 aliphatic heterocycles. The van der Waals surface area contributed by atoms with Gasteiger partial charge in [-0.05, 0) is 60.7 Å². The first kappa shape index (κ1) is 19.0. The molecule has 4 nitrogen and oxygen atoms in total. The number of nitrogens with one attached hydrogen (secondary N) is 1. The summed E-state index contributed by atoms with van der Waals surface area (Å²) in [5, 5.41) is 5.25. The fourth-order valence-corrected chi connectivity index (χ4v) is 3.35. The van der Waals surface area contributed by atoms with Crippen molar-refractivity contribution in [2.24, 2.45) is 5.73 Å². The highest BCUT2D eigenvalue weighted by Gasteiger charge is 2.20. The molecule has 0 atom stereocenters. The van der Waals surface area contributed by atoms with E-state index in [2.05, 4.69) is 27.3 Å². The smallest absolute Gasteiger partial charge is 0.258 e. The maximum absolute atomic E-state index is 12.0. The van der Waals surface area contributed by atoms with Crippen LogP contribution in [0, 0.1) is 0 Å². The Morgan fingerprint density at radius 1 is 1.12 bits per heavy atom. The molecule has 6 heteroatoms. The summed E-state index contributed by atoms with van der Waals surface area (Å²) in [6, 6.07) is 12.4. The van der Waals surface area contributed by atoms with E-state index < -0.39 is 0 Å². The first-order chi connectivity index (χ1) is 11.1. The molecule has 2 aromatic rings. The SMILES string of the molecule is Cl.NC1CCC(NC(=O)COc2ccc3cc(Br)ccc3c2)CC1. The summed E-state index contributed by atoms with van der Waals surface area (Å²) >= 11 is 3.46. The molecule has 0 unspecified atom stereocenters. The number of ether oxygens (including phenoxy) is 1. The third-order valence-corrected chi connectivity index (χ3v) is 4.77. The van der Waals surface area contributed by atoms with Gasteiger partial charge in [0.1, 0.15) is 5.75 Å². The van der Waals surface area contributed by atoms with Crippen LogP contribution in [0.3, 0.4) is 0 Å². The van der Waals surface area contributed by atoms with E-state index in [4.69, 9.17) is 10.5 Å². The molecular formula is C18H22BrClN2O2. The normalized spacial score (nSPS) is 20.2. The average Bonchev–Trinajstić information content (AvgIpc) is 2.55. The number of rotatable bonds is 4. The monoisotopic (exact) mass is 412 g/mol. The van der Waals surface area contributed by atoms with Gasteiger partial charge in [0.25, 0.3) is 5.91 Å². The van der Waals surface area contributed by atoms with Crippen molar-refractivity contribution in [3.8, 4) is 5.75 Å². The molecule has 0 saturated heterocycles. The minimum Gasteiger partial charge on any atom is -0.484 e. The molecule has 0 bridgehead atoms. The third-order valence-electron chi connectivity index (χ3n) is 4.28. The van der Waals surface area contributed by atoms with Crippen LogP contribution in [0.25, 0.3) is 10.8 Å². The Bertz CT molecular complexity index is 702. The number of carbonyl (C=O) groups is 1. The quantitative estimate of drug-likeness (QED) is 0.801. The van der Waals surface area contributed by atoms with Crippen molar-refractivity contribution in [3.05, 3.63) is 40.9 Å². The number of carbonyl (C=O) groups excluding carboxylic acids is 1. The number of nitrogens with two attached hydrogens (primary N) is 1. The second kappa shape index (κ2) is 8.70. The van der Waals surface area contributed by atoms with Crippen LogP contribution in [0.4, 0.5) is 0 Å². The second-order valence-corrected chi connectivity index (χ2v) is 7.04. The summed E-state index contributed by atoms with van der Waals surface area (Å²) in [4.78, 5) is 12.0. The van der Waals surface area contributed by atoms with Crippen LogP contribution in [0.15, 0.2) is 40.9 Å². The van der Waals surface area contributed by atoms with Crippen LogP contribution < -0.4 is 15.8 Å². The summed E-state index contributed by atoms with van der Waals surface area (Å²) in [6.07, 6.45) is 3.87. The van der Waals surface area contributed by atoms with Gasteiger partial charge in [0.05, 0.1) is 0 Å². The van der Waals surface area contributed by atoms with Gasteiger partial charge in [-0.1, -0.05) is 28.1 Å². The van der Waals surface area contributed by atoms with Crippen molar-refractivity contribution in [2.45, 2.75) is 37.8 Å². The van der Waals surface area contributed by atoms with Gasteiger partial charge in [-0.15, -0.1) is 12.4 Å². The molecule has 0 heterocycles. The van der Waals surface area contributed by atoms with Crippen LogP contribution in [-0.2, 0) is 4.79 Å². The lowest BCUT2D eigenvalue weighted by molar-refractivity contribution is -0.124. The number of hydrogen-bond donors (Lipinski definition) is 2. The van der Waals surface area contributed by atoms with Crippen LogP contribution in [0.1, 0.15) is 25.7 Å².